The van der Waals surface area contributed by atoms with Gasteiger partial charge in [-0.25, -0.2) is 0 Å². The molecule has 1 saturated heterocycles. The van der Waals surface area contributed by atoms with Crippen LogP contribution in [-0.2, 0) is 4.79 Å². The maximum atomic E-state index is 12.0. The van der Waals surface area contributed by atoms with Gasteiger partial charge in [-0.1, -0.05) is 0 Å². The van der Waals surface area contributed by atoms with Crippen molar-refractivity contribution in [1.82, 2.24) is 10.6 Å². The molecule has 0 saturated carbocycles. The van der Waals surface area contributed by atoms with Crippen LogP contribution >= 0.6 is 0 Å². The summed E-state index contributed by atoms with van der Waals surface area (Å²) in [7, 11) is 0. The Labute approximate surface area is 97.8 Å². The lowest BCUT2D eigenvalue weighted by atomic mass is 9.85. The Bertz CT molecular complexity index is 250. The predicted molar refractivity (Wildman–Crippen MR) is 64.1 cm³/mol. The minimum absolute atomic E-state index is 0.0374. The Morgan fingerprint density at radius 1 is 1.38 bits per heavy atom. The summed E-state index contributed by atoms with van der Waals surface area (Å²) in [5, 5.41) is 16.1. The quantitative estimate of drug-likeness (QED) is 0.665. The van der Waals surface area contributed by atoms with Gasteiger partial charge in [0.1, 0.15) is 0 Å². The van der Waals surface area contributed by atoms with E-state index in [1.165, 1.54) is 0 Å². The molecule has 0 bridgehead atoms. The van der Waals surface area contributed by atoms with E-state index in [1.807, 2.05) is 13.8 Å². The van der Waals surface area contributed by atoms with Crippen molar-refractivity contribution in [2.24, 2.45) is 5.92 Å². The average molecular weight is 228 g/mol. The van der Waals surface area contributed by atoms with Crippen molar-refractivity contribution in [2.75, 3.05) is 13.1 Å². The van der Waals surface area contributed by atoms with E-state index in [4.69, 9.17) is 0 Å². The lowest BCUT2D eigenvalue weighted by molar-refractivity contribution is -0.130. The van der Waals surface area contributed by atoms with E-state index in [1.54, 1.807) is 13.8 Å². The first kappa shape index (κ1) is 13.5. The zero-order valence-electron chi connectivity index (χ0n) is 10.8. The van der Waals surface area contributed by atoms with Crippen molar-refractivity contribution in [3.63, 3.8) is 0 Å². The molecule has 0 aromatic rings. The molecule has 1 aliphatic rings. The molecule has 94 valence electrons. The van der Waals surface area contributed by atoms with Crippen LogP contribution in [0.4, 0.5) is 0 Å². The first-order chi connectivity index (χ1) is 7.24. The highest BCUT2D eigenvalue weighted by Crippen LogP contribution is 2.22. The highest BCUT2D eigenvalue weighted by atomic mass is 16.3. The van der Waals surface area contributed by atoms with Crippen LogP contribution in [0.2, 0.25) is 0 Å². The monoisotopic (exact) mass is 228 g/mol. The van der Waals surface area contributed by atoms with Crippen LogP contribution in [0.3, 0.4) is 0 Å². The molecular formula is C12H24N2O2. The van der Waals surface area contributed by atoms with Gasteiger partial charge in [-0.2, -0.15) is 0 Å². The third kappa shape index (κ3) is 3.19. The Balaban J connectivity index is 2.56. The van der Waals surface area contributed by atoms with Gasteiger partial charge in [0.05, 0.1) is 17.1 Å². The Morgan fingerprint density at radius 2 is 2.00 bits per heavy atom. The third-order valence-corrected chi connectivity index (χ3v) is 3.63. The summed E-state index contributed by atoms with van der Waals surface area (Å²) in [6, 6.07) is 0. The van der Waals surface area contributed by atoms with Gasteiger partial charge >= 0.3 is 0 Å². The number of hydrogen-bond acceptors (Lipinski definition) is 3. The van der Waals surface area contributed by atoms with E-state index in [9.17, 15) is 9.90 Å². The summed E-state index contributed by atoms with van der Waals surface area (Å²) in [5.41, 5.74) is -1.54. The molecule has 0 aromatic carbocycles. The fourth-order valence-corrected chi connectivity index (χ4v) is 1.64. The Morgan fingerprint density at radius 3 is 2.44 bits per heavy atom. The van der Waals surface area contributed by atoms with E-state index in [-0.39, 0.29) is 11.8 Å². The maximum Gasteiger partial charge on any atom is 0.224 e. The van der Waals surface area contributed by atoms with E-state index >= 15 is 0 Å². The molecule has 0 spiro atoms. The summed E-state index contributed by atoms with van der Waals surface area (Å²) < 4.78 is 0. The average Bonchev–Trinajstić information content (AvgIpc) is 2.16. The summed E-state index contributed by atoms with van der Waals surface area (Å²) >= 11 is 0. The molecule has 1 atom stereocenters. The molecule has 1 fully saturated rings. The van der Waals surface area contributed by atoms with Gasteiger partial charge in [0, 0.05) is 6.54 Å². The van der Waals surface area contributed by atoms with Crippen molar-refractivity contribution in [1.29, 1.82) is 0 Å². The number of amides is 1. The fraction of sp³-hybridized carbons (Fsp3) is 0.917. The molecule has 4 nitrogen and oxygen atoms in total. The fourth-order valence-electron chi connectivity index (χ4n) is 1.64. The highest BCUT2D eigenvalue weighted by molar-refractivity contribution is 5.79. The standard InChI is InChI=1S/C12H24N2O2/c1-11(2,12(3,4)16)14-10(15)9-6-5-7-13-8-9/h9,13,16H,5-8H2,1-4H3,(H,14,15)/t9-/m0/s1. The molecule has 3 N–H and O–H groups in total. The zero-order chi connectivity index (χ0) is 12.4. The molecule has 4 heteroatoms. The second kappa shape index (κ2) is 4.72. The number of aliphatic hydroxyl groups is 1. The van der Waals surface area contributed by atoms with Crippen molar-refractivity contribution in [2.45, 2.75) is 51.7 Å². The summed E-state index contributed by atoms with van der Waals surface area (Å²) in [4.78, 5) is 12.0. The number of rotatable bonds is 3. The molecule has 1 rings (SSSR count). The second-order valence-electron chi connectivity index (χ2n) is 5.72. The summed E-state index contributed by atoms with van der Waals surface area (Å²) in [6.07, 6.45) is 1.97. The van der Waals surface area contributed by atoms with E-state index in [0.717, 1.165) is 25.9 Å². The number of hydrogen-bond donors (Lipinski definition) is 3. The molecule has 1 amide bonds. The minimum atomic E-state index is -0.926. The molecule has 0 aromatic heterocycles. The molecule has 0 unspecified atom stereocenters. The third-order valence-electron chi connectivity index (χ3n) is 3.63. The first-order valence-corrected chi connectivity index (χ1v) is 5.99. The van der Waals surface area contributed by atoms with Gasteiger partial charge < -0.3 is 15.7 Å². The van der Waals surface area contributed by atoms with Crippen LogP contribution in [0, 0.1) is 5.92 Å². The lowest BCUT2D eigenvalue weighted by Crippen LogP contribution is -2.59. The smallest absolute Gasteiger partial charge is 0.224 e. The largest absolute Gasteiger partial charge is 0.388 e. The minimum Gasteiger partial charge on any atom is -0.388 e. The van der Waals surface area contributed by atoms with Gasteiger partial charge in [-0.15, -0.1) is 0 Å². The Kier molecular flexibility index (Phi) is 3.97. The van der Waals surface area contributed by atoms with Crippen LogP contribution in [0.1, 0.15) is 40.5 Å². The molecule has 0 aliphatic carbocycles. The van der Waals surface area contributed by atoms with Gasteiger partial charge in [-0.05, 0) is 47.1 Å². The number of piperidine rings is 1. The number of carbonyl (C=O) groups excluding carboxylic acids is 1. The van der Waals surface area contributed by atoms with Gasteiger partial charge in [-0.3, -0.25) is 4.79 Å². The van der Waals surface area contributed by atoms with Crippen LogP contribution in [0.15, 0.2) is 0 Å². The van der Waals surface area contributed by atoms with E-state index in [0.29, 0.717) is 0 Å². The van der Waals surface area contributed by atoms with Gasteiger partial charge in [0.2, 0.25) is 5.91 Å². The van der Waals surface area contributed by atoms with Gasteiger partial charge in [0.15, 0.2) is 0 Å². The number of nitrogens with one attached hydrogen (secondary N) is 2. The predicted octanol–water partition coefficient (Wildman–Crippen LogP) is 0.652. The van der Waals surface area contributed by atoms with Crippen LogP contribution in [-0.4, -0.2) is 35.2 Å². The van der Waals surface area contributed by atoms with Crippen LogP contribution < -0.4 is 10.6 Å². The van der Waals surface area contributed by atoms with Crippen molar-refractivity contribution < 1.29 is 9.90 Å². The topological polar surface area (TPSA) is 61.4 Å². The van der Waals surface area contributed by atoms with Crippen molar-refractivity contribution >= 4 is 5.91 Å². The van der Waals surface area contributed by atoms with E-state index < -0.39 is 11.1 Å². The van der Waals surface area contributed by atoms with Gasteiger partial charge in [0.25, 0.3) is 0 Å². The van der Waals surface area contributed by atoms with E-state index in [2.05, 4.69) is 10.6 Å². The van der Waals surface area contributed by atoms with Crippen molar-refractivity contribution in [3.8, 4) is 0 Å². The van der Waals surface area contributed by atoms with Crippen molar-refractivity contribution in [3.05, 3.63) is 0 Å². The normalized spacial score (nSPS) is 22.9. The molecule has 16 heavy (non-hydrogen) atoms. The SMILES string of the molecule is CC(C)(O)C(C)(C)NC(=O)[C@H]1CCCNC1. The number of carbonyl (C=O) groups is 1. The van der Waals surface area contributed by atoms with Crippen LogP contribution in [0.25, 0.3) is 0 Å². The summed E-state index contributed by atoms with van der Waals surface area (Å²) in [5.74, 6) is 0.0784. The first-order valence-electron chi connectivity index (χ1n) is 5.99. The zero-order valence-corrected chi connectivity index (χ0v) is 10.8. The summed E-state index contributed by atoms with van der Waals surface area (Å²) in [6.45, 7) is 8.87. The molecule has 1 aliphatic heterocycles. The molecule has 0 radical (unpaired) electrons. The molecular weight excluding hydrogens is 204 g/mol. The van der Waals surface area contributed by atoms with Crippen LogP contribution in [0.5, 0.6) is 0 Å². The lowest BCUT2D eigenvalue weighted by Gasteiger charge is -2.39. The Hall–Kier alpha value is -0.610. The maximum absolute atomic E-state index is 12.0. The molecule has 1 heterocycles. The second-order valence-corrected chi connectivity index (χ2v) is 5.72. The highest BCUT2D eigenvalue weighted by Gasteiger charge is 2.37.